The summed E-state index contributed by atoms with van der Waals surface area (Å²) < 4.78 is 0. The Morgan fingerprint density at radius 1 is 1.33 bits per heavy atom. The van der Waals surface area contributed by atoms with E-state index in [1.54, 1.807) is 0 Å². The van der Waals surface area contributed by atoms with Crippen molar-refractivity contribution in [1.82, 2.24) is 20.2 Å². The maximum absolute atomic E-state index is 12.1. The number of amides is 1. The van der Waals surface area contributed by atoms with Crippen LogP contribution in [0.15, 0.2) is 29.9 Å². The molecule has 2 aromatic heterocycles. The van der Waals surface area contributed by atoms with Crippen LogP contribution in [0.2, 0.25) is 0 Å². The maximum Gasteiger partial charge on any atom is 0.220 e. The van der Waals surface area contributed by atoms with Crippen LogP contribution in [0.25, 0.3) is 0 Å². The van der Waals surface area contributed by atoms with Gasteiger partial charge in [-0.05, 0) is 37.0 Å². The summed E-state index contributed by atoms with van der Waals surface area (Å²) >= 11 is 1.42. The number of likely N-dealkylation sites (tertiary alicyclic amines) is 1. The second-order valence-electron chi connectivity index (χ2n) is 6.15. The maximum atomic E-state index is 12.1. The molecule has 24 heavy (non-hydrogen) atoms. The summed E-state index contributed by atoms with van der Waals surface area (Å²) in [6.07, 6.45) is 6.79. The lowest BCUT2D eigenvalue weighted by atomic mass is 10.0. The number of piperidine rings is 1. The van der Waals surface area contributed by atoms with Crippen LogP contribution in [0.4, 0.5) is 5.13 Å². The highest BCUT2D eigenvalue weighted by atomic mass is 32.1. The molecule has 0 saturated carbocycles. The number of carbonyl (C=O) groups excluding carboxylic acids is 1. The molecule has 0 bridgehead atoms. The summed E-state index contributed by atoms with van der Waals surface area (Å²) in [6.45, 7) is 2.97. The van der Waals surface area contributed by atoms with Crippen LogP contribution in [0.3, 0.4) is 0 Å². The lowest BCUT2D eigenvalue weighted by molar-refractivity contribution is -0.122. The van der Waals surface area contributed by atoms with E-state index in [-0.39, 0.29) is 11.9 Å². The molecule has 1 aliphatic rings. The van der Waals surface area contributed by atoms with E-state index in [1.165, 1.54) is 16.9 Å². The number of aromatic nitrogens is 2. The summed E-state index contributed by atoms with van der Waals surface area (Å²) in [6, 6.07) is 4.39. The second-order valence-corrected chi connectivity index (χ2v) is 7.04. The van der Waals surface area contributed by atoms with Crippen molar-refractivity contribution in [2.75, 3.05) is 18.8 Å². The summed E-state index contributed by atoms with van der Waals surface area (Å²) in [5.41, 5.74) is 7.79. The highest BCUT2D eigenvalue weighted by Gasteiger charge is 2.20. The van der Waals surface area contributed by atoms with Crippen LogP contribution >= 0.6 is 11.3 Å². The van der Waals surface area contributed by atoms with Gasteiger partial charge < -0.3 is 11.1 Å². The summed E-state index contributed by atoms with van der Waals surface area (Å²) in [4.78, 5) is 22.7. The monoisotopic (exact) mass is 345 g/mol. The van der Waals surface area contributed by atoms with Crippen LogP contribution in [0.1, 0.15) is 30.5 Å². The van der Waals surface area contributed by atoms with Crippen molar-refractivity contribution in [2.45, 2.75) is 38.3 Å². The van der Waals surface area contributed by atoms with Gasteiger partial charge in [-0.15, -0.1) is 11.3 Å². The number of hydrogen-bond acceptors (Lipinski definition) is 6. The molecule has 3 rings (SSSR count). The first-order valence-electron chi connectivity index (χ1n) is 8.29. The largest absolute Gasteiger partial charge is 0.375 e. The Bertz CT molecular complexity index is 652. The average Bonchev–Trinajstić information content (AvgIpc) is 3.01. The quantitative estimate of drug-likeness (QED) is 0.834. The minimum atomic E-state index is 0.106. The van der Waals surface area contributed by atoms with E-state index >= 15 is 0 Å². The molecule has 0 radical (unpaired) electrons. The van der Waals surface area contributed by atoms with E-state index in [4.69, 9.17) is 5.73 Å². The molecular formula is C17H23N5OS. The van der Waals surface area contributed by atoms with Gasteiger partial charge in [0.25, 0.3) is 0 Å². The predicted molar refractivity (Wildman–Crippen MR) is 95.5 cm³/mol. The van der Waals surface area contributed by atoms with Crippen LogP contribution < -0.4 is 11.1 Å². The van der Waals surface area contributed by atoms with Gasteiger partial charge >= 0.3 is 0 Å². The van der Waals surface area contributed by atoms with Gasteiger partial charge in [0, 0.05) is 49.9 Å². The molecule has 0 unspecified atom stereocenters. The highest BCUT2D eigenvalue weighted by Crippen LogP contribution is 2.15. The lowest BCUT2D eigenvalue weighted by Gasteiger charge is -2.32. The van der Waals surface area contributed by atoms with Crippen molar-refractivity contribution in [3.05, 3.63) is 41.2 Å². The fourth-order valence-corrected chi connectivity index (χ4v) is 3.56. The molecule has 128 valence electrons. The predicted octanol–water partition coefficient (Wildman–Crippen LogP) is 1.83. The first-order valence-corrected chi connectivity index (χ1v) is 9.17. The Hall–Kier alpha value is -1.99. The van der Waals surface area contributed by atoms with Gasteiger partial charge in [0.1, 0.15) is 0 Å². The summed E-state index contributed by atoms with van der Waals surface area (Å²) in [7, 11) is 0. The number of thiazole rings is 1. The van der Waals surface area contributed by atoms with Crippen molar-refractivity contribution < 1.29 is 4.79 Å². The zero-order chi connectivity index (χ0) is 16.8. The molecule has 3 N–H and O–H groups in total. The Labute approximate surface area is 146 Å². The molecular weight excluding hydrogens is 322 g/mol. The van der Waals surface area contributed by atoms with Crippen molar-refractivity contribution in [1.29, 1.82) is 0 Å². The Kier molecular flexibility index (Phi) is 5.77. The molecule has 1 amide bonds. The van der Waals surface area contributed by atoms with Gasteiger partial charge in [0.2, 0.25) is 5.91 Å². The molecule has 0 aromatic carbocycles. The fourth-order valence-electron chi connectivity index (χ4n) is 2.96. The third-order valence-electron chi connectivity index (χ3n) is 4.29. The van der Waals surface area contributed by atoms with Gasteiger partial charge in [-0.2, -0.15) is 0 Å². The van der Waals surface area contributed by atoms with Gasteiger partial charge in [0.05, 0.1) is 5.69 Å². The molecule has 3 heterocycles. The highest BCUT2D eigenvalue weighted by molar-refractivity contribution is 7.13. The number of aryl methyl sites for hydroxylation is 1. The number of pyridine rings is 1. The molecule has 0 atom stereocenters. The minimum Gasteiger partial charge on any atom is -0.375 e. The van der Waals surface area contributed by atoms with Crippen LogP contribution in [-0.2, 0) is 17.8 Å². The van der Waals surface area contributed by atoms with Crippen LogP contribution in [-0.4, -0.2) is 39.9 Å². The standard InChI is InChI=1S/C17H23N5OS/c18-17-21-15(12-24-17)1-2-16(23)20-14-5-9-22(10-6-14)11-13-3-7-19-8-4-13/h3-4,7-8,12,14H,1-2,5-6,9-11H2,(H2,18,21)(H,20,23). The number of rotatable bonds is 6. The van der Waals surface area contributed by atoms with Gasteiger partial charge in [0.15, 0.2) is 5.13 Å². The van der Waals surface area contributed by atoms with Gasteiger partial charge in [-0.3, -0.25) is 14.7 Å². The third kappa shape index (κ3) is 5.01. The zero-order valence-electron chi connectivity index (χ0n) is 13.6. The first-order chi connectivity index (χ1) is 11.7. The van der Waals surface area contributed by atoms with Crippen molar-refractivity contribution in [2.24, 2.45) is 0 Å². The fraction of sp³-hybridized carbons (Fsp3) is 0.471. The second kappa shape index (κ2) is 8.21. The van der Waals surface area contributed by atoms with E-state index in [1.807, 2.05) is 17.8 Å². The number of nitrogen functional groups attached to an aromatic ring is 1. The Morgan fingerprint density at radius 3 is 2.75 bits per heavy atom. The third-order valence-corrected chi connectivity index (χ3v) is 5.01. The number of carbonyl (C=O) groups is 1. The van der Waals surface area contributed by atoms with E-state index < -0.39 is 0 Å². The molecule has 0 aliphatic carbocycles. The molecule has 2 aromatic rings. The van der Waals surface area contributed by atoms with Gasteiger partial charge in [-0.1, -0.05) is 0 Å². The topological polar surface area (TPSA) is 84.1 Å². The first kappa shape index (κ1) is 16.9. The van der Waals surface area contributed by atoms with Crippen LogP contribution in [0, 0.1) is 0 Å². The number of nitrogens with zero attached hydrogens (tertiary/aromatic N) is 3. The molecule has 6 nitrogen and oxygen atoms in total. The summed E-state index contributed by atoms with van der Waals surface area (Å²) in [5, 5.41) is 5.63. The van der Waals surface area contributed by atoms with E-state index in [2.05, 4.69) is 32.3 Å². The van der Waals surface area contributed by atoms with Gasteiger partial charge in [-0.25, -0.2) is 4.98 Å². The molecule has 1 aliphatic heterocycles. The zero-order valence-corrected chi connectivity index (χ0v) is 14.5. The van der Waals surface area contributed by atoms with E-state index in [0.717, 1.165) is 38.2 Å². The number of anilines is 1. The average molecular weight is 345 g/mol. The normalized spacial score (nSPS) is 16.2. The molecule has 1 saturated heterocycles. The number of nitrogens with one attached hydrogen (secondary N) is 1. The van der Waals surface area contributed by atoms with Crippen molar-refractivity contribution >= 4 is 22.4 Å². The van der Waals surface area contributed by atoms with Crippen molar-refractivity contribution in [3.8, 4) is 0 Å². The number of hydrogen-bond donors (Lipinski definition) is 2. The van der Waals surface area contributed by atoms with E-state index in [9.17, 15) is 4.79 Å². The smallest absolute Gasteiger partial charge is 0.220 e. The molecule has 1 fully saturated rings. The Balaban J connectivity index is 1.36. The lowest BCUT2D eigenvalue weighted by Crippen LogP contribution is -2.44. The Morgan fingerprint density at radius 2 is 2.08 bits per heavy atom. The van der Waals surface area contributed by atoms with E-state index in [0.29, 0.717) is 18.0 Å². The van der Waals surface area contributed by atoms with Crippen LogP contribution in [0.5, 0.6) is 0 Å². The molecule has 0 spiro atoms. The SMILES string of the molecule is Nc1nc(CCC(=O)NC2CCN(Cc3ccncc3)CC2)cs1. The summed E-state index contributed by atoms with van der Waals surface area (Å²) in [5.74, 6) is 0.106. The number of nitrogens with two attached hydrogens (primary N) is 1. The minimum absolute atomic E-state index is 0.106. The van der Waals surface area contributed by atoms with Crippen molar-refractivity contribution in [3.63, 3.8) is 0 Å². The molecule has 7 heteroatoms.